The fraction of sp³-hybridized carbons (Fsp3) is 0.136. The molecule has 3 heterocycles. The maximum absolute atomic E-state index is 4.32. The molecule has 8 heteroatoms. The van der Waals surface area contributed by atoms with Gasteiger partial charge in [0.1, 0.15) is 11.8 Å². The molecule has 0 bridgehead atoms. The van der Waals surface area contributed by atoms with Crippen molar-refractivity contribution in [1.82, 2.24) is 29.8 Å². The minimum Gasteiger partial charge on any atom is -0.310 e. The molecule has 146 valence electrons. The van der Waals surface area contributed by atoms with Crippen molar-refractivity contribution in [2.24, 2.45) is 0 Å². The smallest absolute Gasteiger partial charge is 0.202 e. The van der Waals surface area contributed by atoms with E-state index in [1.165, 1.54) is 12.8 Å². The lowest BCUT2D eigenvalue weighted by atomic mass is 10.2. The first-order valence-electron chi connectivity index (χ1n) is 9.94. The highest BCUT2D eigenvalue weighted by atomic mass is 15.4. The molecule has 3 aromatic heterocycles. The van der Waals surface area contributed by atoms with Crippen molar-refractivity contribution in [3.05, 3.63) is 79.4 Å². The summed E-state index contributed by atoms with van der Waals surface area (Å²) in [7, 11) is 0. The summed E-state index contributed by atoms with van der Waals surface area (Å²) >= 11 is 0. The van der Waals surface area contributed by atoms with Crippen LogP contribution in [0.15, 0.2) is 79.4 Å². The number of aromatic nitrogens is 7. The van der Waals surface area contributed by atoms with Gasteiger partial charge in [-0.05, 0) is 37.1 Å². The molecule has 1 N–H and O–H groups in total. The molecule has 0 amide bonds. The monoisotopic (exact) mass is 395 g/mol. The van der Waals surface area contributed by atoms with E-state index in [2.05, 4.69) is 42.6 Å². The van der Waals surface area contributed by atoms with Crippen molar-refractivity contribution >= 4 is 16.7 Å². The van der Waals surface area contributed by atoms with Crippen molar-refractivity contribution in [1.29, 1.82) is 0 Å². The number of nitrogens with zero attached hydrogens (tertiary/aromatic N) is 7. The van der Waals surface area contributed by atoms with Gasteiger partial charge in [-0.3, -0.25) is 0 Å². The lowest BCUT2D eigenvalue weighted by Gasteiger charge is -2.07. The van der Waals surface area contributed by atoms with E-state index in [9.17, 15) is 0 Å². The SMILES string of the molecule is c1cc(N[n+]2ccc(-n3nnc4ccccc43)cc2)cc(-c2nncn2C2CC2)c1. The highest BCUT2D eigenvalue weighted by Crippen LogP contribution is 2.37. The highest BCUT2D eigenvalue weighted by molar-refractivity contribution is 5.75. The van der Waals surface area contributed by atoms with Crippen molar-refractivity contribution in [3.8, 4) is 17.1 Å². The van der Waals surface area contributed by atoms with E-state index in [-0.39, 0.29) is 0 Å². The zero-order chi connectivity index (χ0) is 19.9. The van der Waals surface area contributed by atoms with Crippen LogP contribution < -0.4 is 10.1 Å². The number of anilines is 1. The average Bonchev–Trinajstić information content (AvgIpc) is 3.35. The van der Waals surface area contributed by atoms with Gasteiger partial charge >= 0.3 is 0 Å². The van der Waals surface area contributed by atoms with Gasteiger partial charge in [0, 0.05) is 23.7 Å². The normalized spacial score (nSPS) is 13.6. The Balaban J connectivity index is 1.26. The van der Waals surface area contributed by atoms with E-state index in [0.29, 0.717) is 6.04 Å². The Morgan fingerprint density at radius 1 is 0.933 bits per heavy atom. The molecular formula is C22H19N8+. The first-order valence-corrected chi connectivity index (χ1v) is 9.94. The molecule has 0 spiro atoms. The van der Waals surface area contributed by atoms with Gasteiger partial charge in [0.15, 0.2) is 5.82 Å². The standard InChI is InChI=1S/C22H19N8/c1-2-7-21-20(6-1)24-27-30(21)19-10-12-28(13-11-19)26-17-5-3-4-16(14-17)22-25-23-15-29(22)18-8-9-18/h1-7,10-15,18,26H,8-9H2/q+1. The van der Waals surface area contributed by atoms with Crippen molar-refractivity contribution in [3.63, 3.8) is 0 Å². The molecule has 0 aliphatic heterocycles. The zero-order valence-corrected chi connectivity index (χ0v) is 16.1. The fourth-order valence-corrected chi connectivity index (χ4v) is 3.64. The molecular weight excluding hydrogens is 376 g/mol. The Morgan fingerprint density at radius 2 is 1.80 bits per heavy atom. The zero-order valence-electron chi connectivity index (χ0n) is 16.1. The average molecular weight is 395 g/mol. The number of hydrogen-bond donors (Lipinski definition) is 1. The topological polar surface area (TPSA) is 77.3 Å². The van der Waals surface area contributed by atoms with E-state index in [0.717, 1.165) is 33.8 Å². The molecule has 1 fully saturated rings. The molecule has 5 aromatic rings. The first kappa shape index (κ1) is 16.8. The second kappa shape index (κ2) is 6.77. The van der Waals surface area contributed by atoms with Crippen molar-refractivity contribution in [2.75, 3.05) is 5.43 Å². The summed E-state index contributed by atoms with van der Waals surface area (Å²) in [4.78, 5) is 0. The number of benzene rings is 2. The minimum atomic E-state index is 0.543. The maximum Gasteiger partial charge on any atom is 0.202 e. The summed E-state index contributed by atoms with van der Waals surface area (Å²) in [5, 5.41) is 16.9. The summed E-state index contributed by atoms with van der Waals surface area (Å²) in [6.07, 6.45) is 8.16. The third-order valence-electron chi connectivity index (χ3n) is 5.30. The summed E-state index contributed by atoms with van der Waals surface area (Å²) in [6, 6.07) is 20.7. The van der Waals surface area contributed by atoms with Gasteiger partial charge in [-0.25, -0.2) is 4.68 Å². The summed E-state index contributed by atoms with van der Waals surface area (Å²) < 4.78 is 5.92. The predicted octanol–water partition coefficient (Wildman–Crippen LogP) is 3.18. The maximum atomic E-state index is 4.32. The van der Waals surface area contributed by atoms with Crippen LogP contribution in [0.4, 0.5) is 5.69 Å². The molecule has 1 aliphatic carbocycles. The van der Waals surface area contributed by atoms with Gasteiger partial charge in [-0.15, -0.1) is 15.3 Å². The van der Waals surface area contributed by atoms with Crippen LogP contribution in [-0.2, 0) is 0 Å². The lowest BCUT2D eigenvalue weighted by molar-refractivity contribution is -0.642. The highest BCUT2D eigenvalue weighted by Gasteiger charge is 2.26. The van der Waals surface area contributed by atoms with E-state index in [1.54, 1.807) is 0 Å². The number of rotatable bonds is 5. The number of fused-ring (bicyclic) bond motifs is 1. The van der Waals surface area contributed by atoms with Crippen LogP contribution in [0.3, 0.4) is 0 Å². The van der Waals surface area contributed by atoms with Crippen LogP contribution >= 0.6 is 0 Å². The van der Waals surface area contributed by atoms with Crippen LogP contribution in [0.25, 0.3) is 28.1 Å². The Bertz CT molecular complexity index is 1330. The minimum absolute atomic E-state index is 0.543. The molecule has 6 rings (SSSR count). The summed E-state index contributed by atoms with van der Waals surface area (Å²) in [6.45, 7) is 0. The molecule has 1 saturated carbocycles. The van der Waals surface area contributed by atoms with E-state index in [1.807, 2.05) is 76.6 Å². The predicted molar refractivity (Wildman–Crippen MR) is 112 cm³/mol. The van der Waals surface area contributed by atoms with E-state index < -0.39 is 0 Å². The quantitative estimate of drug-likeness (QED) is 0.463. The van der Waals surface area contributed by atoms with Crippen LogP contribution in [0.5, 0.6) is 0 Å². The van der Waals surface area contributed by atoms with Gasteiger partial charge in [-0.2, -0.15) is 5.43 Å². The second-order valence-electron chi connectivity index (χ2n) is 7.44. The first-order chi connectivity index (χ1) is 14.8. The van der Waals surface area contributed by atoms with E-state index in [4.69, 9.17) is 0 Å². The Labute approximate surface area is 172 Å². The van der Waals surface area contributed by atoms with Crippen LogP contribution in [0.1, 0.15) is 18.9 Å². The third kappa shape index (κ3) is 2.98. The van der Waals surface area contributed by atoms with Crippen LogP contribution in [0, 0.1) is 0 Å². The van der Waals surface area contributed by atoms with Crippen molar-refractivity contribution < 1.29 is 4.68 Å². The molecule has 30 heavy (non-hydrogen) atoms. The largest absolute Gasteiger partial charge is 0.310 e. The fourth-order valence-electron chi connectivity index (χ4n) is 3.64. The lowest BCUT2D eigenvalue weighted by Crippen LogP contribution is -2.41. The van der Waals surface area contributed by atoms with Crippen LogP contribution in [-0.4, -0.2) is 29.8 Å². The number of pyridine rings is 1. The molecule has 0 atom stereocenters. The summed E-state index contributed by atoms with van der Waals surface area (Å²) in [5.74, 6) is 0.916. The Kier molecular flexibility index (Phi) is 3.80. The van der Waals surface area contributed by atoms with Gasteiger partial charge in [0.2, 0.25) is 12.4 Å². The summed E-state index contributed by atoms with van der Waals surface area (Å²) in [5.41, 5.74) is 8.23. The molecule has 0 unspecified atom stereocenters. The number of para-hydroxylation sites is 1. The number of hydrogen-bond acceptors (Lipinski definition) is 5. The molecule has 0 saturated heterocycles. The van der Waals surface area contributed by atoms with E-state index >= 15 is 0 Å². The van der Waals surface area contributed by atoms with Gasteiger partial charge < -0.3 is 4.57 Å². The van der Waals surface area contributed by atoms with Crippen LogP contribution in [0.2, 0.25) is 0 Å². The molecule has 2 aromatic carbocycles. The Hall–Kier alpha value is -4.07. The Morgan fingerprint density at radius 3 is 2.67 bits per heavy atom. The van der Waals surface area contributed by atoms with Gasteiger partial charge in [-0.1, -0.05) is 34.2 Å². The second-order valence-corrected chi connectivity index (χ2v) is 7.44. The molecule has 0 radical (unpaired) electrons. The molecule has 1 aliphatic rings. The number of nitrogens with one attached hydrogen (secondary N) is 1. The van der Waals surface area contributed by atoms with Gasteiger partial charge in [0.25, 0.3) is 0 Å². The molecule has 8 nitrogen and oxygen atoms in total. The van der Waals surface area contributed by atoms with Gasteiger partial charge in [0.05, 0.1) is 16.9 Å². The third-order valence-corrected chi connectivity index (χ3v) is 5.30. The van der Waals surface area contributed by atoms with Crippen molar-refractivity contribution in [2.45, 2.75) is 18.9 Å².